The molecule has 3 aliphatic heterocycles. The summed E-state index contributed by atoms with van der Waals surface area (Å²) < 4.78 is 5.55. The van der Waals surface area contributed by atoms with Crippen LogP contribution in [0, 0.1) is 11.8 Å². The van der Waals surface area contributed by atoms with Crippen molar-refractivity contribution in [2.24, 2.45) is 17.6 Å². The number of piperidine rings is 1. The van der Waals surface area contributed by atoms with Gasteiger partial charge in [0.2, 0.25) is 5.91 Å². The van der Waals surface area contributed by atoms with E-state index < -0.39 is 5.60 Å². The van der Waals surface area contributed by atoms with Crippen LogP contribution in [0.3, 0.4) is 0 Å². The fraction of sp³-hybridized carbons (Fsp3) is 0.913. The minimum atomic E-state index is -0.495. The zero-order valence-electron chi connectivity index (χ0n) is 20.4. The van der Waals surface area contributed by atoms with E-state index in [0.29, 0.717) is 31.7 Å². The van der Waals surface area contributed by atoms with Crippen LogP contribution in [0.25, 0.3) is 0 Å². The van der Waals surface area contributed by atoms with Crippen LogP contribution in [0.2, 0.25) is 0 Å². The van der Waals surface area contributed by atoms with Gasteiger partial charge in [-0.05, 0) is 58.8 Å². The van der Waals surface area contributed by atoms with E-state index in [-0.39, 0.29) is 30.4 Å². The first kappa shape index (κ1) is 24.7. The summed E-state index contributed by atoms with van der Waals surface area (Å²) in [6.45, 7) is 10.0. The van der Waals surface area contributed by atoms with E-state index in [1.54, 1.807) is 4.90 Å². The Morgan fingerprint density at radius 2 is 1.79 bits per heavy atom. The summed E-state index contributed by atoms with van der Waals surface area (Å²) in [5, 5.41) is 14.4. The zero-order chi connectivity index (χ0) is 23.6. The minimum absolute atomic E-state index is 0.0764. The van der Waals surface area contributed by atoms with E-state index in [1.807, 2.05) is 20.8 Å². The summed E-state index contributed by atoms with van der Waals surface area (Å²) in [5.41, 5.74) is 5.24. The Morgan fingerprint density at radius 1 is 1.00 bits per heavy atom. The lowest BCUT2D eigenvalue weighted by Crippen LogP contribution is -2.72. The summed E-state index contributed by atoms with van der Waals surface area (Å²) in [4.78, 5) is 28.7. The molecule has 3 heterocycles. The van der Waals surface area contributed by atoms with Crippen LogP contribution < -0.4 is 27.0 Å². The molecule has 10 nitrogen and oxygen atoms in total. The van der Waals surface area contributed by atoms with Crippen LogP contribution in [-0.4, -0.2) is 91.2 Å². The van der Waals surface area contributed by atoms with Gasteiger partial charge in [0.1, 0.15) is 11.9 Å². The maximum absolute atomic E-state index is 12.5. The third kappa shape index (κ3) is 6.79. The van der Waals surface area contributed by atoms with Crippen LogP contribution in [0.5, 0.6) is 0 Å². The Kier molecular flexibility index (Phi) is 7.80. The molecule has 1 aliphatic carbocycles. The average Bonchev–Trinajstić information content (AvgIpc) is 3.60. The first-order valence-corrected chi connectivity index (χ1v) is 12.7. The molecule has 4 aliphatic rings. The van der Waals surface area contributed by atoms with Crippen molar-refractivity contribution in [3.63, 3.8) is 0 Å². The number of nitrogens with one attached hydrogen (secondary N) is 4. The van der Waals surface area contributed by atoms with Crippen molar-refractivity contribution in [1.29, 1.82) is 0 Å². The molecule has 0 spiro atoms. The van der Waals surface area contributed by atoms with Crippen LogP contribution in [0.4, 0.5) is 4.79 Å². The molecule has 0 aromatic carbocycles. The van der Waals surface area contributed by atoms with Crippen molar-refractivity contribution in [3.05, 3.63) is 0 Å². The summed E-state index contributed by atoms with van der Waals surface area (Å²) in [5.74, 6) is 0.263. The smallest absolute Gasteiger partial charge is 0.410 e. The minimum Gasteiger partial charge on any atom is -0.444 e. The molecule has 10 heteroatoms. The highest BCUT2D eigenvalue weighted by molar-refractivity contribution is 5.77. The van der Waals surface area contributed by atoms with Gasteiger partial charge in [-0.2, -0.15) is 0 Å². The largest absolute Gasteiger partial charge is 0.444 e. The lowest BCUT2D eigenvalue weighted by atomic mass is 9.95. The second-order valence-corrected chi connectivity index (χ2v) is 11.1. The van der Waals surface area contributed by atoms with Gasteiger partial charge in [0.15, 0.2) is 0 Å². The molecule has 0 aromatic heterocycles. The number of primary amides is 1. The molecule has 3 saturated heterocycles. The van der Waals surface area contributed by atoms with E-state index >= 15 is 0 Å². The molecule has 4 rings (SSSR count). The number of carbonyl (C=O) groups is 2. The Morgan fingerprint density at radius 3 is 2.42 bits per heavy atom. The average molecular weight is 466 g/mol. The number of carbonyl (C=O) groups excluding carboxylic acids is 2. The first-order chi connectivity index (χ1) is 15.7. The summed E-state index contributed by atoms with van der Waals surface area (Å²) in [6.07, 6.45) is 5.38. The normalized spacial score (nSPS) is 34.5. The summed E-state index contributed by atoms with van der Waals surface area (Å²) >= 11 is 0. The quantitative estimate of drug-likeness (QED) is 0.383. The molecule has 1 saturated carbocycles. The van der Waals surface area contributed by atoms with Gasteiger partial charge in [-0.15, -0.1) is 0 Å². The lowest BCUT2D eigenvalue weighted by molar-refractivity contribution is -0.124. The van der Waals surface area contributed by atoms with Gasteiger partial charge in [0.05, 0.1) is 12.1 Å². The third-order valence-electron chi connectivity index (χ3n) is 7.24. The fourth-order valence-corrected chi connectivity index (χ4v) is 5.25. The highest BCUT2D eigenvalue weighted by atomic mass is 16.6. The summed E-state index contributed by atoms with van der Waals surface area (Å²) in [6, 6.07) is 0.985. The highest BCUT2D eigenvalue weighted by Gasteiger charge is 2.39. The van der Waals surface area contributed by atoms with Crippen molar-refractivity contribution >= 4 is 12.0 Å². The monoisotopic (exact) mass is 465 g/mol. The van der Waals surface area contributed by atoms with Crippen molar-refractivity contribution in [1.82, 2.24) is 31.1 Å². The van der Waals surface area contributed by atoms with Crippen molar-refractivity contribution in [2.45, 2.75) is 83.0 Å². The standard InChI is InChI=1S/C23H43N7O3/c1-23(2,3)33-22(32)30-10-4-9-29(11-12-30)21-26-14-17(19(24)31)20(28-21)27-16-7-8-18(25-13-16)15-5-6-15/h15-18,20-21,25-28H,4-14H2,1-3H3,(H2,24,31). The summed E-state index contributed by atoms with van der Waals surface area (Å²) in [7, 11) is 0. The van der Waals surface area contributed by atoms with Gasteiger partial charge in [0.25, 0.3) is 0 Å². The molecule has 4 fully saturated rings. The number of nitrogens with zero attached hydrogens (tertiary/aromatic N) is 2. The van der Waals surface area contributed by atoms with E-state index in [2.05, 4.69) is 26.2 Å². The molecule has 5 atom stereocenters. The molecule has 0 radical (unpaired) electrons. The maximum atomic E-state index is 12.5. The molecule has 0 bridgehead atoms. The zero-order valence-corrected chi connectivity index (χ0v) is 20.4. The number of ether oxygens (including phenoxy) is 1. The van der Waals surface area contributed by atoms with E-state index in [9.17, 15) is 9.59 Å². The Hall–Kier alpha value is -1.46. The molecule has 6 N–H and O–H groups in total. The SMILES string of the molecule is CC(C)(C)OC(=O)N1CCCN(C2NCC(C(N)=O)C(NC3CCC(C4CC4)NC3)N2)CC1. The molecular formula is C23H43N7O3. The predicted octanol–water partition coefficient (Wildman–Crippen LogP) is -0.0466. The number of hydrogen-bond donors (Lipinski definition) is 5. The molecule has 2 amide bonds. The van der Waals surface area contributed by atoms with Crippen molar-refractivity contribution in [3.8, 4) is 0 Å². The highest BCUT2D eigenvalue weighted by Crippen LogP contribution is 2.35. The van der Waals surface area contributed by atoms with Gasteiger partial charge >= 0.3 is 6.09 Å². The topological polar surface area (TPSA) is 124 Å². The Bertz CT molecular complexity index is 688. The van der Waals surface area contributed by atoms with Crippen LogP contribution in [0.1, 0.15) is 52.9 Å². The second-order valence-electron chi connectivity index (χ2n) is 11.1. The molecule has 33 heavy (non-hydrogen) atoms. The van der Waals surface area contributed by atoms with Gasteiger partial charge in [0, 0.05) is 51.4 Å². The molecule has 188 valence electrons. The number of rotatable bonds is 5. The van der Waals surface area contributed by atoms with Gasteiger partial charge in [-0.3, -0.25) is 25.6 Å². The number of nitrogens with two attached hydrogens (primary N) is 1. The Balaban J connectivity index is 1.31. The van der Waals surface area contributed by atoms with E-state index in [1.165, 1.54) is 19.3 Å². The predicted molar refractivity (Wildman–Crippen MR) is 126 cm³/mol. The van der Waals surface area contributed by atoms with E-state index in [0.717, 1.165) is 38.4 Å². The van der Waals surface area contributed by atoms with Gasteiger partial charge in [-0.1, -0.05) is 0 Å². The van der Waals surface area contributed by atoms with Crippen LogP contribution >= 0.6 is 0 Å². The van der Waals surface area contributed by atoms with Crippen molar-refractivity contribution in [2.75, 3.05) is 39.3 Å². The maximum Gasteiger partial charge on any atom is 0.410 e. The first-order valence-electron chi connectivity index (χ1n) is 12.7. The third-order valence-corrected chi connectivity index (χ3v) is 7.24. The number of amides is 2. The second kappa shape index (κ2) is 10.4. The fourth-order valence-electron chi connectivity index (χ4n) is 5.25. The van der Waals surface area contributed by atoms with Crippen LogP contribution in [0.15, 0.2) is 0 Å². The Labute approximate surface area is 197 Å². The molecular weight excluding hydrogens is 422 g/mol. The van der Waals surface area contributed by atoms with Gasteiger partial charge < -0.3 is 20.7 Å². The lowest BCUT2D eigenvalue weighted by Gasteiger charge is -2.44. The van der Waals surface area contributed by atoms with Gasteiger partial charge in [-0.25, -0.2) is 4.79 Å². The van der Waals surface area contributed by atoms with Crippen molar-refractivity contribution < 1.29 is 14.3 Å². The number of hydrogen-bond acceptors (Lipinski definition) is 8. The van der Waals surface area contributed by atoms with Crippen LogP contribution in [-0.2, 0) is 9.53 Å². The molecule has 5 unspecified atom stereocenters. The molecule has 0 aromatic rings. The van der Waals surface area contributed by atoms with E-state index in [4.69, 9.17) is 10.5 Å².